The summed E-state index contributed by atoms with van der Waals surface area (Å²) in [6.45, 7) is 0. The van der Waals surface area contributed by atoms with Crippen LogP contribution in [0.25, 0.3) is 0 Å². The average molecular weight is 178 g/mol. The Bertz CT molecular complexity index is 369. The van der Waals surface area contributed by atoms with Crippen LogP contribution in [0, 0.1) is 0 Å². The van der Waals surface area contributed by atoms with Crippen molar-refractivity contribution in [2.75, 3.05) is 0 Å². The quantitative estimate of drug-likeness (QED) is 0.686. The summed E-state index contributed by atoms with van der Waals surface area (Å²) in [5, 5.41) is 18.1. The number of rotatable bonds is 1. The zero-order chi connectivity index (χ0) is 9.42. The molecule has 1 aromatic rings. The third kappa shape index (κ3) is 1.26. The minimum atomic E-state index is -0.950. The Morgan fingerprint density at radius 1 is 1.31 bits per heavy atom. The maximum Gasteiger partial charge on any atom is 0.336 e. The summed E-state index contributed by atoms with van der Waals surface area (Å²) in [7, 11) is 0. The monoisotopic (exact) mass is 178 g/mol. The van der Waals surface area contributed by atoms with Gasteiger partial charge in [-0.05, 0) is 42.5 Å². The van der Waals surface area contributed by atoms with Crippen LogP contribution < -0.4 is 0 Å². The van der Waals surface area contributed by atoms with E-state index in [1.165, 1.54) is 6.07 Å². The van der Waals surface area contributed by atoms with Crippen molar-refractivity contribution in [2.45, 2.75) is 19.3 Å². The zero-order valence-corrected chi connectivity index (χ0v) is 7.08. The summed E-state index contributed by atoms with van der Waals surface area (Å²) in [6.07, 6.45) is 2.68. The minimum Gasteiger partial charge on any atom is -0.508 e. The maximum atomic E-state index is 10.8. The number of aromatic hydroxyl groups is 1. The van der Waals surface area contributed by atoms with Crippen LogP contribution in [-0.4, -0.2) is 16.2 Å². The fraction of sp³-hybridized carbons (Fsp3) is 0.300. The van der Waals surface area contributed by atoms with Gasteiger partial charge in [0, 0.05) is 0 Å². The molecule has 0 aliphatic heterocycles. The number of aryl methyl sites for hydroxylation is 1. The van der Waals surface area contributed by atoms with Crippen molar-refractivity contribution in [1.29, 1.82) is 0 Å². The Labute approximate surface area is 75.6 Å². The second kappa shape index (κ2) is 2.76. The van der Waals surface area contributed by atoms with Crippen molar-refractivity contribution < 1.29 is 15.0 Å². The van der Waals surface area contributed by atoms with Crippen LogP contribution in [0.5, 0.6) is 5.75 Å². The number of phenolic OH excluding ortho intramolecular Hbond substituents is 1. The van der Waals surface area contributed by atoms with Gasteiger partial charge in [-0.15, -0.1) is 0 Å². The Morgan fingerprint density at radius 3 is 2.77 bits per heavy atom. The normalized spacial score (nSPS) is 14.2. The third-order valence-electron chi connectivity index (χ3n) is 2.43. The molecule has 2 rings (SSSR count). The number of hydrogen-bond donors (Lipinski definition) is 2. The number of phenols is 1. The Morgan fingerprint density at radius 2 is 2.08 bits per heavy atom. The van der Waals surface area contributed by atoms with Crippen molar-refractivity contribution in [3.8, 4) is 5.75 Å². The lowest BCUT2D eigenvalue weighted by molar-refractivity contribution is 0.0695. The molecule has 0 spiro atoms. The molecule has 68 valence electrons. The van der Waals surface area contributed by atoms with E-state index in [4.69, 9.17) is 5.11 Å². The lowest BCUT2D eigenvalue weighted by atomic mass is 10.0. The van der Waals surface area contributed by atoms with Gasteiger partial charge in [-0.3, -0.25) is 0 Å². The predicted molar refractivity (Wildman–Crippen MR) is 47.1 cm³/mol. The molecule has 3 nitrogen and oxygen atoms in total. The van der Waals surface area contributed by atoms with Crippen LogP contribution in [0.3, 0.4) is 0 Å². The van der Waals surface area contributed by atoms with E-state index in [1.54, 1.807) is 6.07 Å². The molecule has 0 aromatic heterocycles. The van der Waals surface area contributed by atoms with E-state index >= 15 is 0 Å². The van der Waals surface area contributed by atoms with E-state index in [0.717, 1.165) is 30.4 Å². The second-order valence-corrected chi connectivity index (χ2v) is 3.29. The standard InChI is InChI=1S/C10H10O3/c11-7-4-6-2-1-3-8(6)9(5-7)10(12)13/h4-5,11H,1-3H2,(H,12,13). The number of carbonyl (C=O) groups is 1. The number of benzene rings is 1. The van der Waals surface area contributed by atoms with E-state index in [9.17, 15) is 9.90 Å². The molecule has 13 heavy (non-hydrogen) atoms. The molecule has 0 fully saturated rings. The van der Waals surface area contributed by atoms with Crippen LogP contribution in [0.15, 0.2) is 12.1 Å². The highest BCUT2D eigenvalue weighted by Gasteiger charge is 2.19. The van der Waals surface area contributed by atoms with E-state index in [-0.39, 0.29) is 11.3 Å². The first-order valence-corrected chi connectivity index (χ1v) is 4.26. The van der Waals surface area contributed by atoms with Crippen molar-refractivity contribution in [2.24, 2.45) is 0 Å². The summed E-state index contributed by atoms with van der Waals surface area (Å²) in [5.41, 5.74) is 2.13. The van der Waals surface area contributed by atoms with E-state index in [0.29, 0.717) is 0 Å². The summed E-state index contributed by atoms with van der Waals surface area (Å²) >= 11 is 0. The van der Waals surface area contributed by atoms with Crippen LogP contribution in [0.4, 0.5) is 0 Å². The molecule has 1 aromatic carbocycles. The summed E-state index contributed by atoms with van der Waals surface area (Å²) in [5.74, 6) is -0.896. The van der Waals surface area contributed by atoms with Crippen molar-refractivity contribution >= 4 is 5.97 Å². The molecule has 0 radical (unpaired) electrons. The van der Waals surface area contributed by atoms with Gasteiger partial charge in [0.1, 0.15) is 5.75 Å². The lowest BCUT2D eigenvalue weighted by Crippen LogP contribution is -2.01. The largest absolute Gasteiger partial charge is 0.508 e. The van der Waals surface area contributed by atoms with Gasteiger partial charge >= 0.3 is 5.97 Å². The predicted octanol–water partition coefficient (Wildman–Crippen LogP) is 1.58. The molecule has 1 aliphatic rings. The molecule has 3 heteroatoms. The van der Waals surface area contributed by atoms with E-state index in [2.05, 4.69) is 0 Å². The van der Waals surface area contributed by atoms with Crippen molar-refractivity contribution in [1.82, 2.24) is 0 Å². The Balaban J connectivity index is 2.62. The van der Waals surface area contributed by atoms with Gasteiger partial charge < -0.3 is 10.2 Å². The minimum absolute atomic E-state index is 0.0538. The van der Waals surface area contributed by atoms with Crippen LogP contribution in [0.1, 0.15) is 27.9 Å². The molecular formula is C10H10O3. The van der Waals surface area contributed by atoms with Gasteiger partial charge in [-0.1, -0.05) is 0 Å². The highest BCUT2D eigenvalue weighted by molar-refractivity contribution is 5.90. The molecule has 0 heterocycles. The SMILES string of the molecule is O=C(O)c1cc(O)cc2c1CCC2. The smallest absolute Gasteiger partial charge is 0.336 e. The molecule has 1 aliphatic carbocycles. The van der Waals surface area contributed by atoms with Crippen LogP contribution in [-0.2, 0) is 12.8 Å². The first-order chi connectivity index (χ1) is 6.18. The average Bonchev–Trinajstić information content (AvgIpc) is 2.49. The topological polar surface area (TPSA) is 57.5 Å². The fourth-order valence-corrected chi connectivity index (χ4v) is 1.88. The first kappa shape index (κ1) is 8.10. The van der Waals surface area contributed by atoms with E-state index < -0.39 is 5.97 Å². The zero-order valence-electron chi connectivity index (χ0n) is 7.08. The molecule has 0 saturated carbocycles. The van der Waals surface area contributed by atoms with Crippen LogP contribution >= 0.6 is 0 Å². The highest BCUT2D eigenvalue weighted by atomic mass is 16.4. The van der Waals surface area contributed by atoms with E-state index in [1.807, 2.05) is 0 Å². The molecule has 0 saturated heterocycles. The highest BCUT2D eigenvalue weighted by Crippen LogP contribution is 2.29. The number of carboxylic acids is 1. The van der Waals surface area contributed by atoms with Crippen molar-refractivity contribution in [3.05, 3.63) is 28.8 Å². The second-order valence-electron chi connectivity index (χ2n) is 3.29. The molecule has 0 atom stereocenters. The van der Waals surface area contributed by atoms with Gasteiger partial charge in [0.2, 0.25) is 0 Å². The number of fused-ring (bicyclic) bond motifs is 1. The molecular weight excluding hydrogens is 168 g/mol. The number of carboxylic acid groups (broad SMARTS) is 1. The van der Waals surface area contributed by atoms with Gasteiger partial charge in [0.15, 0.2) is 0 Å². The molecule has 0 bridgehead atoms. The van der Waals surface area contributed by atoms with Gasteiger partial charge in [-0.25, -0.2) is 4.79 Å². The summed E-state index contributed by atoms with van der Waals surface area (Å²) in [6, 6.07) is 2.99. The maximum absolute atomic E-state index is 10.8. The molecule has 0 amide bonds. The lowest BCUT2D eigenvalue weighted by Gasteiger charge is -2.04. The summed E-state index contributed by atoms with van der Waals surface area (Å²) < 4.78 is 0. The van der Waals surface area contributed by atoms with Gasteiger partial charge in [0.25, 0.3) is 0 Å². The third-order valence-corrected chi connectivity index (χ3v) is 2.43. The summed E-state index contributed by atoms with van der Waals surface area (Å²) in [4.78, 5) is 10.8. The Kier molecular flexibility index (Phi) is 1.72. The van der Waals surface area contributed by atoms with Crippen molar-refractivity contribution in [3.63, 3.8) is 0 Å². The van der Waals surface area contributed by atoms with Gasteiger partial charge in [-0.2, -0.15) is 0 Å². The van der Waals surface area contributed by atoms with Crippen LogP contribution in [0.2, 0.25) is 0 Å². The Hall–Kier alpha value is -1.51. The molecule has 0 unspecified atom stereocenters. The number of hydrogen-bond acceptors (Lipinski definition) is 2. The molecule has 2 N–H and O–H groups in total. The van der Waals surface area contributed by atoms with Gasteiger partial charge in [0.05, 0.1) is 5.56 Å². The number of aromatic carboxylic acids is 1. The fourth-order valence-electron chi connectivity index (χ4n) is 1.88. The first-order valence-electron chi connectivity index (χ1n) is 4.26.